The van der Waals surface area contributed by atoms with E-state index in [1.165, 1.54) is 0 Å². The molecular formula is C24H43F2N9O2. The van der Waals surface area contributed by atoms with Gasteiger partial charge in [0.15, 0.2) is 0 Å². The fourth-order valence-corrected chi connectivity index (χ4v) is 6.87. The molecule has 210 valence electrons. The van der Waals surface area contributed by atoms with E-state index in [9.17, 15) is 14.0 Å². The summed E-state index contributed by atoms with van der Waals surface area (Å²) in [5, 5.41) is 10.9. The molecule has 0 spiro atoms. The van der Waals surface area contributed by atoms with Crippen molar-refractivity contribution < 1.29 is 18.4 Å². The van der Waals surface area contributed by atoms with Crippen molar-refractivity contribution in [1.29, 1.82) is 0 Å². The minimum atomic E-state index is -1.15. The second-order valence-corrected chi connectivity index (χ2v) is 11.4. The predicted octanol–water partition coefficient (Wildman–Crippen LogP) is -2.21. The molecule has 0 aromatic carbocycles. The van der Waals surface area contributed by atoms with E-state index in [1.54, 1.807) is 5.01 Å². The fraction of sp³-hybridized carbons (Fsp3) is 0.917. The largest absolute Gasteiger partial charge is 0.350 e. The van der Waals surface area contributed by atoms with E-state index in [1.807, 2.05) is 4.90 Å². The van der Waals surface area contributed by atoms with Gasteiger partial charge >= 0.3 is 0 Å². The molecule has 13 heteroatoms. The Balaban J connectivity index is 1.20. The number of fused-ring (bicyclic) bond motifs is 1. The Labute approximate surface area is 217 Å². The maximum atomic E-state index is 15.3. The fourth-order valence-electron chi connectivity index (χ4n) is 6.87. The summed E-state index contributed by atoms with van der Waals surface area (Å²) in [4.78, 5) is 32.9. The summed E-state index contributed by atoms with van der Waals surface area (Å²) in [6.45, 7) is 8.46. The standard InChI is InChI=1S/C24H43F2N9O2/c1-14(2)34-5-3-4-18(34)24(37)33-8-6-32(7-9-33)20-16(26)11-28-12-17(20)30-23(36)19-21(27)31-35-13-15(25)10-29-22(19)35/h14-22,28-29,31H,3-13,27H2,1-2H3,(H,30,36). The average Bonchev–Trinajstić information content (AvgIpc) is 3.48. The molecule has 37 heavy (non-hydrogen) atoms. The number of piperazine rings is 1. The first kappa shape index (κ1) is 27.1. The summed E-state index contributed by atoms with van der Waals surface area (Å²) < 4.78 is 29.1. The Morgan fingerprint density at radius 3 is 2.54 bits per heavy atom. The first-order valence-electron chi connectivity index (χ1n) is 13.8. The van der Waals surface area contributed by atoms with Crippen molar-refractivity contribution in [2.45, 2.75) is 75.5 Å². The van der Waals surface area contributed by atoms with Crippen molar-refractivity contribution in [2.24, 2.45) is 11.7 Å². The van der Waals surface area contributed by atoms with Crippen LogP contribution in [0.2, 0.25) is 0 Å². The van der Waals surface area contributed by atoms with Gasteiger partial charge in [0, 0.05) is 58.4 Å². The van der Waals surface area contributed by atoms with Gasteiger partial charge in [-0.15, -0.1) is 0 Å². The van der Waals surface area contributed by atoms with Crippen molar-refractivity contribution in [3.05, 3.63) is 0 Å². The van der Waals surface area contributed by atoms with E-state index in [0.717, 1.165) is 19.4 Å². The van der Waals surface area contributed by atoms with Crippen LogP contribution in [-0.4, -0.2) is 139 Å². The SMILES string of the molecule is CC(C)N1CCCC1C(=O)N1CCN(C2C(F)CNCC2NC(=O)C2C(N)NN3CC(F)CNC23)CC1. The van der Waals surface area contributed by atoms with E-state index in [0.29, 0.717) is 38.8 Å². The second-order valence-electron chi connectivity index (χ2n) is 11.4. The number of carbonyl (C=O) groups is 2. The third kappa shape index (κ3) is 5.49. The second kappa shape index (κ2) is 11.3. The van der Waals surface area contributed by atoms with Crippen molar-refractivity contribution in [3.8, 4) is 0 Å². The molecule has 5 aliphatic rings. The zero-order valence-corrected chi connectivity index (χ0v) is 21.9. The first-order valence-corrected chi connectivity index (χ1v) is 13.8. The molecule has 6 N–H and O–H groups in total. The number of halogens is 2. The third-order valence-electron chi connectivity index (χ3n) is 8.73. The molecule has 0 aromatic heterocycles. The van der Waals surface area contributed by atoms with Gasteiger partial charge < -0.3 is 21.3 Å². The van der Waals surface area contributed by atoms with Crippen LogP contribution in [0.5, 0.6) is 0 Å². The topological polar surface area (TPSA) is 121 Å². The summed E-state index contributed by atoms with van der Waals surface area (Å²) in [6.07, 6.45) is -1.33. The van der Waals surface area contributed by atoms with Crippen molar-refractivity contribution in [2.75, 3.05) is 58.9 Å². The van der Waals surface area contributed by atoms with Crippen molar-refractivity contribution in [3.63, 3.8) is 0 Å². The number of nitrogens with zero attached hydrogens (tertiary/aromatic N) is 4. The number of alkyl halides is 2. The van der Waals surface area contributed by atoms with Crippen LogP contribution in [0.3, 0.4) is 0 Å². The molecular weight excluding hydrogens is 484 g/mol. The van der Waals surface area contributed by atoms with Gasteiger partial charge in [0.25, 0.3) is 0 Å². The Bertz CT molecular complexity index is 830. The van der Waals surface area contributed by atoms with E-state index < -0.39 is 42.7 Å². The van der Waals surface area contributed by atoms with Gasteiger partial charge in [0.1, 0.15) is 12.3 Å². The molecule has 5 heterocycles. The molecule has 0 bridgehead atoms. The third-order valence-corrected chi connectivity index (χ3v) is 8.73. The Hall–Kier alpha value is -1.48. The number of hydrogen-bond donors (Lipinski definition) is 5. The molecule has 0 aromatic rings. The van der Waals surface area contributed by atoms with Crippen molar-refractivity contribution >= 4 is 11.8 Å². The lowest BCUT2D eigenvalue weighted by Crippen LogP contribution is -2.68. The predicted molar refractivity (Wildman–Crippen MR) is 134 cm³/mol. The maximum Gasteiger partial charge on any atom is 0.240 e. The van der Waals surface area contributed by atoms with Gasteiger partial charge in [-0.05, 0) is 33.2 Å². The molecule has 11 nitrogen and oxygen atoms in total. The van der Waals surface area contributed by atoms with E-state index >= 15 is 4.39 Å². The lowest BCUT2D eigenvalue weighted by molar-refractivity contribution is -0.139. The number of rotatable bonds is 5. The summed E-state index contributed by atoms with van der Waals surface area (Å²) in [6, 6.07) is -0.654. The van der Waals surface area contributed by atoms with E-state index in [4.69, 9.17) is 5.73 Å². The number of piperidine rings is 1. The average molecular weight is 528 g/mol. The molecule has 8 unspecified atom stereocenters. The van der Waals surface area contributed by atoms with E-state index in [2.05, 4.69) is 45.0 Å². The van der Waals surface area contributed by atoms with Crippen LogP contribution < -0.4 is 27.1 Å². The van der Waals surface area contributed by atoms with Gasteiger partial charge in [-0.2, -0.15) is 0 Å². The zero-order chi connectivity index (χ0) is 26.3. The number of nitrogens with two attached hydrogens (primary N) is 1. The summed E-state index contributed by atoms with van der Waals surface area (Å²) >= 11 is 0. The highest BCUT2D eigenvalue weighted by molar-refractivity contribution is 5.82. The molecule has 2 amide bonds. The number of carbonyl (C=O) groups excluding carboxylic acids is 2. The molecule has 5 fully saturated rings. The molecule has 5 aliphatic heterocycles. The highest BCUT2D eigenvalue weighted by Crippen LogP contribution is 2.25. The van der Waals surface area contributed by atoms with Crippen LogP contribution >= 0.6 is 0 Å². The highest BCUT2D eigenvalue weighted by atomic mass is 19.1. The summed E-state index contributed by atoms with van der Waals surface area (Å²) in [5.41, 5.74) is 9.19. The van der Waals surface area contributed by atoms with Crippen LogP contribution in [0, 0.1) is 5.92 Å². The highest BCUT2D eigenvalue weighted by Gasteiger charge is 2.49. The minimum Gasteiger partial charge on any atom is -0.350 e. The van der Waals surface area contributed by atoms with Crippen LogP contribution in [0.4, 0.5) is 8.78 Å². The maximum absolute atomic E-state index is 15.3. The van der Waals surface area contributed by atoms with Gasteiger partial charge in [-0.3, -0.25) is 24.7 Å². The van der Waals surface area contributed by atoms with Crippen LogP contribution in [0.25, 0.3) is 0 Å². The number of nitrogens with one attached hydrogen (secondary N) is 4. The number of amides is 2. The number of hydrogen-bond acceptors (Lipinski definition) is 9. The van der Waals surface area contributed by atoms with Gasteiger partial charge in [-0.1, -0.05) is 0 Å². The van der Waals surface area contributed by atoms with Gasteiger partial charge in [0.2, 0.25) is 11.8 Å². The van der Waals surface area contributed by atoms with Crippen LogP contribution in [0.1, 0.15) is 26.7 Å². The Morgan fingerprint density at radius 1 is 1.05 bits per heavy atom. The van der Waals surface area contributed by atoms with Crippen molar-refractivity contribution in [1.82, 2.24) is 41.1 Å². The zero-order valence-electron chi connectivity index (χ0n) is 21.9. The molecule has 8 atom stereocenters. The molecule has 0 saturated carbocycles. The lowest BCUT2D eigenvalue weighted by atomic mass is 9.94. The summed E-state index contributed by atoms with van der Waals surface area (Å²) in [5.74, 6) is -0.717. The normalized spacial score (nSPS) is 40.2. The van der Waals surface area contributed by atoms with E-state index in [-0.39, 0.29) is 37.5 Å². The van der Waals surface area contributed by atoms with Crippen LogP contribution in [-0.2, 0) is 9.59 Å². The van der Waals surface area contributed by atoms with Crippen LogP contribution in [0.15, 0.2) is 0 Å². The molecule has 5 rings (SSSR count). The molecule has 5 saturated heterocycles. The minimum absolute atomic E-state index is 0.0590. The number of likely N-dealkylation sites (tertiary alicyclic amines) is 1. The quantitative estimate of drug-likeness (QED) is 0.271. The molecule has 0 aliphatic carbocycles. The number of hydrazine groups is 1. The molecule has 0 radical (unpaired) electrons. The smallest absolute Gasteiger partial charge is 0.240 e. The first-order chi connectivity index (χ1) is 17.7. The monoisotopic (exact) mass is 527 g/mol. The lowest BCUT2D eigenvalue weighted by Gasteiger charge is -2.46. The Kier molecular flexibility index (Phi) is 8.30. The van der Waals surface area contributed by atoms with Gasteiger partial charge in [0.05, 0.1) is 36.4 Å². The Morgan fingerprint density at radius 2 is 1.81 bits per heavy atom. The van der Waals surface area contributed by atoms with Gasteiger partial charge in [-0.25, -0.2) is 19.2 Å². The summed E-state index contributed by atoms with van der Waals surface area (Å²) in [7, 11) is 0.